The Balaban J connectivity index is 2.33. The van der Waals surface area contributed by atoms with Crippen LogP contribution in [0.5, 0.6) is 0 Å². The summed E-state index contributed by atoms with van der Waals surface area (Å²) in [5.41, 5.74) is 7.43. The van der Waals surface area contributed by atoms with Gasteiger partial charge >= 0.3 is 5.97 Å². The number of nitrogens with one attached hydrogen (secondary N) is 4. The molecule has 4 unspecified atom stereocenters. The monoisotopic (exact) mass is 533 g/mol. The molecule has 0 saturated heterocycles. The SMILES string of the molecule is CC(C)CC(NC(=O)C(Cc1c[nH]c2ccccc12)NC(=O)C(CC(C)C)NC(=O)C(N)CS)C(=O)O. The minimum absolute atomic E-state index is 0.0322. The first kappa shape index (κ1) is 30.2. The van der Waals surface area contributed by atoms with Crippen LogP contribution in [0, 0.1) is 11.8 Å². The Hall–Kier alpha value is -3.05. The summed E-state index contributed by atoms with van der Waals surface area (Å²) >= 11 is 4.04. The highest BCUT2D eigenvalue weighted by molar-refractivity contribution is 7.80. The number of nitrogens with two attached hydrogens (primary N) is 1. The summed E-state index contributed by atoms with van der Waals surface area (Å²) in [5.74, 6) is -2.63. The van der Waals surface area contributed by atoms with Crippen molar-refractivity contribution < 1.29 is 24.3 Å². The number of hydrogen-bond donors (Lipinski definition) is 7. The fourth-order valence-electron chi connectivity index (χ4n) is 4.03. The second-order valence-corrected chi connectivity index (χ2v) is 10.5. The van der Waals surface area contributed by atoms with Crippen molar-refractivity contribution in [3.05, 3.63) is 36.0 Å². The number of aromatic amines is 1. The first-order chi connectivity index (χ1) is 17.4. The van der Waals surface area contributed by atoms with Crippen LogP contribution in [0.2, 0.25) is 0 Å². The van der Waals surface area contributed by atoms with Crippen LogP contribution >= 0.6 is 12.6 Å². The number of carbonyl (C=O) groups excluding carboxylic acids is 3. The molecule has 3 amide bonds. The first-order valence-corrected chi connectivity index (χ1v) is 13.1. The van der Waals surface area contributed by atoms with Gasteiger partial charge in [-0.2, -0.15) is 12.6 Å². The quantitative estimate of drug-likeness (QED) is 0.182. The van der Waals surface area contributed by atoms with Gasteiger partial charge in [-0.15, -0.1) is 0 Å². The maximum absolute atomic E-state index is 13.3. The van der Waals surface area contributed by atoms with Crippen LogP contribution in [0.4, 0.5) is 0 Å². The topological polar surface area (TPSA) is 166 Å². The number of para-hydroxylation sites is 1. The Bertz CT molecular complexity index is 1090. The third-order valence-electron chi connectivity index (χ3n) is 5.93. The van der Waals surface area contributed by atoms with Crippen molar-refractivity contribution in [2.45, 2.75) is 71.1 Å². The second kappa shape index (κ2) is 14.0. The number of benzene rings is 1. The molecule has 0 radical (unpaired) electrons. The number of aromatic nitrogens is 1. The molecule has 7 N–H and O–H groups in total. The van der Waals surface area contributed by atoms with Gasteiger partial charge in [-0.1, -0.05) is 45.9 Å². The van der Waals surface area contributed by atoms with Gasteiger partial charge < -0.3 is 31.8 Å². The minimum Gasteiger partial charge on any atom is -0.480 e. The van der Waals surface area contributed by atoms with Crippen LogP contribution in [-0.2, 0) is 25.6 Å². The number of carboxylic acids is 1. The standard InChI is InChI=1S/C26H39N5O5S/c1-14(2)9-20(29-23(32)18(27)13-37)24(33)30-21(25(34)31-22(26(35)36)10-15(3)4)11-16-12-28-19-8-6-5-7-17(16)19/h5-8,12,14-15,18,20-22,28,37H,9-11,13,27H2,1-4H3,(H,29,32)(H,30,33)(H,31,34)(H,35,36). The maximum atomic E-state index is 13.3. The normalized spacial score (nSPS) is 14.7. The number of carbonyl (C=O) groups is 4. The summed E-state index contributed by atoms with van der Waals surface area (Å²) in [6.45, 7) is 7.54. The number of aliphatic carboxylic acids is 1. The van der Waals surface area contributed by atoms with Gasteiger partial charge in [-0.25, -0.2) is 4.79 Å². The molecule has 37 heavy (non-hydrogen) atoms. The summed E-state index contributed by atoms with van der Waals surface area (Å²) in [7, 11) is 0. The summed E-state index contributed by atoms with van der Waals surface area (Å²) < 4.78 is 0. The molecule has 1 aromatic heterocycles. The number of carboxylic acid groups (broad SMARTS) is 1. The molecule has 0 aliphatic rings. The Morgan fingerprint density at radius 2 is 1.43 bits per heavy atom. The van der Waals surface area contributed by atoms with Crippen LogP contribution in [-0.4, -0.2) is 63.7 Å². The fraction of sp³-hybridized carbons (Fsp3) is 0.538. The molecule has 0 bridgehead atoms. The van der Waals surface area contributed by atoms with Gasteiger partial charge in [-0.3, -0.25) is 14.4 Å². The highest BCUT2D eigenvalue weighted by Gasteiger charge is 2.31. The average Bonchev–Trinajstić information content (AvgIpc) is 3.24. The predicted molar refractivity (Wildman–Crippen MR) is 146 cm³/mol. The lowest BCUT2D eigenvalue weighted by molar-refractivity contribution is -0.142. The van der Waals surface area contributed by atoms with E-state index in [1.165, 1.54) is 0 Å². The lowest BCUT2D eigenvalue weighted by Gasteiger charge is -2.26. The van der Waals surface area contributed by atoms with Crippen molar-refractivity contribution >= 4 is 47.2 Å². The Kier molecular flexibility index (Phi) is 11.4. The van der Waals surface area contributed by atoms with E-state index in [-0.39, 0.29) is 30.4 Å². The number of H-pyrrole nitrogens is 1. The van der Waals surface area contributed by atoms with E-state index in [1.54, 1.807) is 6.20 Å². The van der Waals surface area contributed by atoms with Crippen molar-refractivity contribution in [2.24, 2.45) is 17.6 Å². The van der Waals surface area contributed by atoms with Crippen molar-refractivity contribution in [3.8, 4) is 0 Å². The average molecular weight is 534 g/mol. The lowest BCUT2D eigenvalue weighted by atomic mass is 9.99. The maximum Gasteiger partial charge on any atom is 0.326 e. The summed E-state index contributed by atoms with van der Waals surface area (Å²) in [6, 6.07) is 3.56. The van der Waals surface area contributed by atoms with Crippen molar-refractivity contribution in [1.82, 2.24) is 20.9 Å². The highest BCUT2D eigenvalue weighted by Crippen LogP contribution is 2.19. The fourth-order valence-corrected chi connectivity index (χ4v) is 4.20. The highest BCUT2D eigenvalue weighted by atomic mass is 32.1. The number of rotatable bonds is 14. The van der Waals surface area contributed by atoms with Crippen LogP contribution in [0.15, 0.2) is 30.5 Å². The molecule has 0 aliphatic carbocycles. The van der Waals surface area contributed by atoms with Gasteiger partial charge in [0.05, 0.1) is 6.04 Å². The van der Waals surface area contributed by atoms with Crippen molar-refractivity contribution in [3.63, 3.8) is 0 Å². The Labute approximate surface area is 222 Å². The lowest BCUT2D eigenvalue weighted by Crippen LogP contribution is -2.58. The van der Waals surface area contributed by atoms with Crippen LogP contribution < -0.4 is 21.7 Å². The van der Waals surface area contributed by atoms with Gasteiger partial charge in [0.25, 0.3) is 0 Å². The molecule has 0 aliphatic heterocycles. The molecular formula is C26H39N5O5S. The van der Waals surface area contributed by atoms with E-state index in [0.29, 0.717) is 6.42 Å². The van der Waals surface area contributed by atoms with Crippen molar-refractivity contribution in [2.75, 3.05) is 5.75 Å². The van der Waals surface area contributed by atoms with Crippen LogP contribution in [0.3, 0.4) is 0 Å². The minimum atomic E-state index is -1.15. The van der Waals surface area contributed by atoms with E-state index < -0.39 is 47.9 Å². The zero-order chi connectivity index (χ0) is 27.7. The number of amides is 3. The van der Waals surface area contributed by atoms with Gasteiger partial charge in [0.15, 0.2) is 0 Å². The van der Waals surface area contributed by atoms with Gasteiger partial charge in [0.1, 0.15) is 18.1 Å². The Morgan fingerprint density at radius 3 is 2.03 bits per heavy atom. The third kappa shape index (κ3) is 9.08. The zero-order valence-electron chi connectivity index (χ0n) is 21.8. The third-order valence-corrected chi connectivity index (χ3v) is 6.32. The van der Waals surface area contributed by atoms with Gasteiger partial charge in [0, 0.05) is 29.3 Å². The second-order valence-electron chi connectivity index (χ2n) is 10.1. The molecular weight excluding hydrogens is 494 g/mol. The van der Waals surface area contributed by atoms with Gasteiger partial charge in [-0.05, 0) is 36.3 Å². The zero-order valence-corrected chi connectivity index (χ0v) is 22.7. The molecule has 0 spiro atoms. The number of fused-ring (bicyclic) bond motifs is 1. The first-order valence-electron chi connectivity index (χ1n) is 12.5. The van der Waals surface area contributed by atoms with E-state index in [9.17, 15) is 24.3 Å². The number of thiol groups is 1. The van der Waals surface area contributed by atoms with Crippen LogP contribution in [0.1, 0.15) is 46.1 Å². The van der Waals surface area contributed by atoms with E-state index >= 15 is 0 Å². The molecule has 204 valence electrons. The largest absolute Gasteiger partial charge is 0.480 e. The molecule has 2 rings (SSSR count). The van der Waals surface area contributed by atoms with Crippen LogP contribution in [0.25, 0.3) is 10.9 Å². The Morgan fingerprint density at radius 1 is 0.892 bits per heavy atom. The predicted octanol–water partition coefficient (Wildman–Crippen LogP) is 1.60. The number of hydrogen-bond acceptors (Lipinski definition) is 6. The molecule has 4 atom stereocenters. The molecule has 10 nitrogen and oxygen atoms in total. The molecule has 0 saturated carbocycles. The molecule has 11 heteroatoms. The smallest absolute Gasteiger partial charge is 0.326 e. The van der Waals surface area contributed by atoms with E-state index in [1.807, 2.05) is 52.0 Å². The van der Waals surface area contributed by atoms with Crippen molar-refractivity contribution in [1.29, 1.82) is 0 Å². The van der Waals surface area contributed by atoms with E-state index in [2.05, 4.69) is 33.6 Å². The molecule has 2 aromatic rings. The molecule has 0 fully saturated rings. The van der Waals surface area contributed by atoms with E-state index in [0.717, 1.165) is 16.5 Å². The summed E-state index contributed by atoms with van der Waals surface area (Å²) in [6.07, 6.45) is 2.44. The van der Waals surface area contributed by atoms with E-state index in [4.69, 9.17) is 5.73 Å². The molecule has 1 aromatic carbocycles. The summed E-state index contributed by atoms with van der Waals surface area (Å²) in [5, 5.41) is 18.5. The molecule has 1 heterocycles. The summed E-state index contributed by atoms with van der Waals surface area (Å²) in [4.78, 5) is 54.0. The van der Waals surface area contributed by atoms with Gasteiger partial charge in [0.2, 0.25) is 17.7 Å².